The number of aromatic amines is 1. The van der Waals surface area contributed by atoms with Crippen molar-refractivity contribution in [2.75, 3.05) is 4.90 Å². The molecule has 0 atom stereocenters. The van der Waals surface area contributed by atoms with Crippen LogP contribution in [-0.2, 0) is 6.54 Å². The number of aromatic nitrogens is 3. The first-order chi connectivity index (χ1) is 14.8. The van der Waals surface area contributed by atoms with Gasteiger partial charge in [0.05, 0.1) is 34.3 Å². The third kappa shape index (κ3) is 3.60. The van der Waals surface area contributed by atoms with Crippen LogP contribution in [0.25, 0.3) is 21.3 Å². The number of amides is 1. The molecule has 6 heteroatoms. The molecule has 0 saturated carbocycles. The van der Waals surface area contributed by atoms with Crippen molar-refractivity contribution in [1.82, 2.24) is 15.0 Å². The van der Waals surface area contributed by atoms with Crippen LogP contribution in [0.2, 0.25) is 0 Å². The molecule has 5 nitrogen and oxygen atoms in total. The molecule has 2 heterocycles. The van der Waals surface area contributed by atoms with Gasteiger partial charge < -0.3 is 9.88 Å². The Kier molecular flexibility index (Phi) is 4.83. The van der Waals surface area contributed by atoms with E-state index in [-0.39, 0.29) is 5.91 Å². The third-order valence-corrected chi connectivity index (χ3v) is 5.76. The van der Waals surface area contributed by atoms with E-state index in [4.69, 9.17) is 0 Å². The molecule has 0 aliphatic heterocycles. The molecule has 0 spiro atoms. The number of fused-ring (bicyclic) bond motifs is 1. The minimum absolute atomic E-state index is 0.0647. The van der Waals surface area contributed by atoms with Gasteiger partial charge in [-0.1, -0.05) is 42.5 Å². The van der Waals surface area contributed by atoms with E-state index in [1.165, 1.54) is 11.3 Å². The smallest absolute Gasteiger partial charge is 0.258 e. The average Bonchev–Trinajstić information content (AvgIpc) is 3.49. The predicted octanol–water partition coefficient (Wildman–Crippen LogP) is 5.53. The van der Waals surface area contributed by atoms with Crippen LogP contribution in [0.3, 0.4) is 0 Å². The maximum absolute atomic E-state index is 13.6. The highest BCUT2D eigenvalue weighted by Crippen LogP contribution is 2.28. The number of rotatable bonds is 5. The Morgan fingerprint density at radius 2 is 1.83 bits per heavy atom. The van der Waals surface area contributed by atoms with Crippen LogP contribution in [-0.4, -0.2) is 20.9 Å². The van der Waals surface area contributed by atoms with Gasteiger partial charge >= 0.3 is 0 Å². The number of carbonyl (C=O) groups excluding carboxylic acids is 1. The lowest BCUT2D eigenvalue weighted by atomic mass is 10.0. The summed E-state index contributed by atoms with van der Waals surface area (Å²) in [7, 11) is 0. The minimum Gasteiger partial charge on any atom is -0.347 e. The van der Waals surface area contributed by atoms with Crippen LogP contribution in [0.5, 0.6) is 0 Å². The lowest BCUT2D eigenvalue weighted by Gasteiger charge is -2.23. The number of carbonyl (C=O) groups is 1. The van der Waals surface area contributed by atoms with Crippen LogP contribution in [0.4, 0.5) is 5.69 Å². The second kappa shape index (κ2) is 7.93. The van der Waals surface area contributed by atoms with Crippen LogP contribution >= 0.6 is 11.3 Å². The zero-order chi connectivity index (χ0) is 20.3. The number of thiazole rings is 1. The van der Waals surface area contributed by atoms with E-state index < -0.39 is 0 Å². The maximum Gasteiger partial charge on any atom is 0.258 e. The van der Waals surface area contributed by atoms with E-state index >= 15 is 0 Å². The molecule has 30 heavy (non-hydrogen) atoms. The zero-order valence-corrected chi connectivity index (χ0v) is 16.8. The lowest BCUT2D eigenvalue weighted by molar-refractivity contribution is 0.0985. The van der Waals surface area contributed by atoms with Crippen molar-refractivity contribution in [3.05, 3.63) is 102 Å². The summed E-state index contributed by atoms with van der Waals surface area (Å²) in [5.41, 5.74) is 7.21. The number of nitrogens with zero attached hydrogens (tertiary/aromatic N) is 3. The number of hydrogen-bond donors (Lipinski definition) is 1. The Hall–Kier alpha value is -3.77. The van der Waals surface area contributed by atoms with Crippen molar-refractivity contribution in [3.8, 4) is 11.1 Å². The molecule has 5 rings (SSSR count). The first kappa shape index (κ1) is 18.3. The summed E-state index contributed by atoms with van der Waals surface area (Å²) in [6.45, 7) is 0.401. The fourth-order valence-corrected chi connectivity index (χ4v) is 4.17. The maximum atomic E-state index is 13.6. The summed E-state index contributed by atoms with van der Waals surface area (Å²) < 4.78 is 1.00. The predicted molar refractivity (Wildman–Crippen MR) is 121 cm³/mol. The van der Waals surface area contributed by atoms with Gasteiger partial charge in [-0.05, 0) is 41.5 Å². The van der Waals surface area contributed by atoms with Gasteiger partial charge in [-0.25, -0.2) is 9.97 Å². The molecule has 0 aliphatic carbocycles. The number of benzene rings is 3. The number of H-pyrrole nitrogens is 1. The van der Waals surface area contributed by atoms with Gasteiger partial charge in [0.15, 0.2) is 0 Å². The normalized spacial score (nSPS) is 10.9. The highest BCUT2D eigenvalue weighted by Gasteiger charge is 2.20. The molecule has 0 radical (unpaired) electrons. The quantitative estimate of drug-likeness (QED) is 0.414. The number of anilines is 1. The molecule has 0 fully saturated rings. The Balaban J connectivity index is 1.56. The Labute approximate surface area is 177 Å². The van der Waals surface area contributed by atoms with E-state index in [1.807, 2.05) is 48.5 Å². The summed E-state index contributed by atoms with van der Waals surface area (Å²) in [6.07, 6.45) is 3.37. The van der Waals surface area contributed by atoms with Crippen LogP contribution in [0, 0.1) is 0 Å². The molecule has 0 unspecified atom stereocenters. The van der Waals surface area contributed by atoms with Gasteiger partial charge in [0.25, 0.3) is 5.91 Å². The zero-order valence-electron chi connectivity index (χ0n) is 16.0. The molecule has 0 bridgehead atoms. The monoisotopic (exact) mass is 410 g/mol. The number of nitrogens with one attached hydrogen (secondary N) is 1. The summed E-state index contributed by atoms with van der Waals surface area (Å²) in [6, 6.07) is 23.9. The standard InChI is InChI=1S/C24H18N4OS/c29-24(19-9-10-22-23(12-19)30-16-27-22)28(14-20-13-25-15-26-20)21-8-4-7-18(11-21)17-5-2-1-3-6-17/h1-13,15-16H,14H2,(H,25,26). The van der Waals surface area contributed by atoms with Crippen molar-refractivity contribution < 1.29 is 4.79 Å². The van der Waals surface area contributed by atoms with E-state index in [1.54, 1.807) is 22.9 Å². The second-order valence-electron chi connectivity index (χ2n) is 6.92. The van der Waals surface area contributed by atoms with Gasteiger partial charge in [-0.3, -0.25) is 4.79 Å². The number of imidazole rings is 1. The molecule has 2 aromatic heterocycles. The van der Waals surface area contributed by atoms with Gasteiger partial charge in [0.2, 0.25) is 0 Å². The largest absolute Gasteiger partial charge is 0.347 e. The summed E-state index contributed by atoms with van der Waals surface area (Å²) >= 11 is 1.53. The third-order valence-electron chi connectivity index (χ3n) is 4.97. The van der Waals surface area contributed by atoms with Gasteiger partial charge in [-0.15, -0.1) is 11.3 Å². The topological polar surface area (TPSA) is 61.9 Å². The molecular weight excluding hydrogens is 392 g/mol. The molecular formula is C24H18N4OS. The summed E-state index contributed by atoms with van der Waals surface area (Å²) in [5.74, 6) is -0.0647. The molecule has 3 aromatic carbocycles. The van der Waals surface area contributed by atoms with E-state index in [2.05, 4.69) is 39.2 Å². The van der Waals surface area contributed by atoms with Gasteiger partial charge in [0, 0.05) is 17.4 Å². The summed E-state index contributed by atoms with van der Waals surface area (Å²) in [5, 5.41) is 0. The van der Waals surface area contributed by atoms with E-state index in [0.29, 0.717) is 12.1 Å². The van der Waals surface area contributed by atoms with Gasteiger partial charge in [0.1, 0.15) is 0 Å². The van der Waals surface area contributed by atoms with E-state index in [9.17, 15) is 4.79 Å². The highest BCUT2D eigenvalue weighted by atomic mass is 32.1. The molecule has 1 amide bonds. The number of hydrogen-bond acceptors (Lipinski definition) is 4. The van der Waals surface area contributed by atoms with Crippen LogP contribution in [0.1, 0.15) is 16.1 Å². The first-order valence-corrected chi connectivity index (χ1v) is 10.4. The summed E-state index contributed by atoms with van der Waals surface area (Å²) in [4.78, 5) is 26.9. The Bertz CT molecular complexity index is 1300. The van der Waals surface area contributed by atoms with Crippen LogP contribution < -0.4 is 4.90 Å². The van der Waals surface area contributed by atoms with Crippen molar-refractivity contribution in [2.24, 2.45) is 0 Å². The Morgan fingerprint density at radius 1 is 0.967 bits per heavy atom. The fourth-order valence-electron chi connectivity index (χ4n) is 3.45. The molecule has 0 saturated heterocycles. The average molecular weight is 411 g/mol. The molecule has 146 valence electrons. The van der Waals surface area contributed by atoms with E-state index in [0.717, 1.165) is 32.7 Å². The SMILES string of the molecule is O=C(c1ccc2ncsc2c1)N(Cc1cnc[nH]1)c1cccc(-c2ccccc2)c1. The first-order valence-electron chi connectivity index (χ1n) is 9.56. The van der Waals surface area contributed by atoms with Crippen molar-refractivity contribution in [3.63, 3.8) is 0 Å². The van der Waals surface area contributed by atoms with Crippen molar-refractivity contribution in [1.29, 1.82) is 0 Å². The molecule has 0 aliphatic rings. The molecule has 1 N–H and O–H groups in total. The molecule has 5 aromatic rings. The van der Waals surface area contributed by atoms with Crippen molar-refractivity contribution >= 4 is 33.1 Å². The highest BCUT2D eigenvalue weighted by molar-refractivity contribution is 7.16. The van der Waals surface area contributed by atoms with Crippen molar-refractivity contribution in [2.45, 2.75) is 6.54 Å². The van der Waals surface area contributed by atoms with Crippen LogP contribution in [0.15, 0.2) is 90.8 Å². The van der Waals surface area contributed by atoms with Gasteiger partial charge in [-0.2, -0.15) is 0 Å². The Morgan fingerprint density at radius 3 is 2.67 bits per heavy atom. The minimum atomic E-state index is -0.0647. The fraction of sp³-hybridized carbons (Fsp3) is 0.0417. The lowest BCUT2D eigenvalue weighted by Crippen LogP contribution is -2.30. The second-order valence-corrected chi connectivity index (χ2v) is 7.81.